The monoisotopic (exact) mass is 332 g/mol. The number of nitrogens with one attached hydrogen (secondary N) is 1. The van der Waals surface area contributed by atoms with Crippen molar-refractivity contribution in [2.75, 3.05) is 20.1 Å². The molecule has 1 N–H and O–H groups in total. The fourth-order valence-corrected chi connectivity index (χ4v) is 4.19. The Morgan fingerprint density at radius 3 is 2.95 bits per heavy atom. The van der Waals surface area contributed by atoms with E-state index in [0.717, 1.165) is 12.8 Å². The molecule has 1 atom stereocenters. The largest absolute Gasteiger partial charge is 0.316 e. The second-order valence-electron chi connectivity index (χ2n) is 4.88. The fourth-order valence-electron chi connectivity index (χ4n) is 2.52. The van der Waals surface area contributed by atoms with E-state index in [2.05, 4.69) is 20.3 Å². The molecule has 0 amide bonds. The third-order valence-corrected chi connectivity index (χ3v) is 5.56. The minimum atomic E-state index is -3.57. The zero-order valence-corrected chi connectivity index (χ0v) is 13.2. The van der Waals surface area contributed by atoms with Crippen molar-refractivity contribution in [2.24, 2.45) is 0 Å². The van der Waals surface area contributed by atoms with Crippen molar-refractivity contribution < 1.29 is 13.0 Å². The maximum Gasteiger partial charge on any atom is 0.245 e. The first-order valence-corrected chi connectivity index (χ1v) is 7.95. The highest BCUT2D eigenvalue weighted by atomic mass is 35.5. The lowest BCUT2D eigenvalue weighted by molar-refractivity contribution is 0.292. The van der Waals surface area contributed by atoms with Crippen LogP contribution in [-0.4, -0.2) is 49.2 Å². The van der Waals surface area contributed by atoms with Crippen molar-refractivity contribution in [2.45, 2.75) is 23.8 Å². The van der Waals surface area contributed by atoms with Crippen LogP contribution < -0.4 is 5.32 Å². The predicted octanol–water partition coefficient (Wildman–Crippen LogP) is 1.02. The maximum absolute atomic E-state index is 12.7. The van der Waals surface area contributed by atoms with Crippen LogP contribution in [0, 0.1) is 0 Å². The zero-order valence-electron chi connectivity index (χ0n) is 11.5. The number of nitrogens with zero attached hydrogens (tertiary/aromatic N) is 3. The standard InChI is InChI=1S/C12H16N4O3S.ClH/c1-13-9-4-3-7-16(8-9)20(17,18)11-6-2-5-10-12(11)15-19-14-10;/h2,5-6,9,13H,3-4,7-8H2,1H3;1H. The van der Waals surface area contributed by atoms with Crippen molar-refractivity contribution >= 4 is 33.5 Å². The smallest absolute Gasteiger partial charge is 0.245 e. The SMILES string of the molecule is CNC1CCCN(S(=O)(=O)c2cccc3nonc23)C1.Cl. The molecule has 0 radical (unpaired) electrons. The Morgan fingerprint density at radius 1 is 1.38 bits per heavy atom. The second-order valence-corrected chi connectivity index (χ2v) is 6.79. The molecule has 0 spiro atoms. The summed E-state index contributed by atoms with van der Waals surface area (Å²) in [5, 5.41) is 10.5. The first kappa shape index (κ1) is 16.2. The molecule has 2 aromatic rings. The Hall–Kier alpha value is -1.22. The van der Waals surface area contributed by atoms with Gasteiger partial charge in [-0.2, -0.15) is 4.31 Å². The van der Waals surface area contributed by atoms with Crippen molar-refractivity contribution in [1.82, 2.24) is 19.9 Å². The number of aromatic nitrogens is 2. The molecule has 9 heteroatoms. The Labute approximate surface area is 129 Å². The molecular formula is C12H17ClN4O3S. The number of halogens is 1. The van der Waals surface area contributed by atoms with Crippen LogP contribution in [0.4, 0.5) is 0 Å². The van der Waals surface area contributed by atoms with E-state index in [4.69, 9.17) is 0 Å². The van der Waals surface area contributed by atoms with Crippen molar-refractivity contribution in [3.63, 3.8) is 0 Å². The van der Waals surface area contributed by atoms with E-state index in [-0.39, 0.29) is 23.3 Å². The van der Waals surface area contributed by atoms with Crippen LogP contribution in [0.25, 0.3) is 11.0 Å². The van der Waals surface area contributed by atoms with Crippen molar-refractivity contribution in [3.8, 4) is 0 Å². The van der Waals surface area contributed by atoms with Crippen LogP contribution in [-0.2, 0) is 10.0 Å². The van der Waals surface area contributed by atoms with Crippen LogP contribution in [0.1, 0.15) is 12.8 Å². The van der Waals surface area contributed by atoms with Gasteiger partial charge in [0.1, 0.15) is 10.4 Å². The normalized spacial score (nSPS) is 20.3. The molecule has 1 fully saturated rings. The highest BCUT2D eigenvalue weighted by Gasteiger charge is 2.31. The van der Waals surface area contributed by atoms with Crippen LogP contribution in [0.5, 0.6) is 0 Å². The molecule has 7 nitrogen and oxygen atoms in total. The number of hydrogen-bond donors (Lipinski definition) is 1. The number of sulfonamides is 1. The summed E-state index contributed by atoms with van der Waals surface area (Å²) in [6, 6.07) is 5.06. The summed E-state index contributed by atoms with van der Waals surface area (Å²) in [4.78, 5) is 0.160. The molecule has 1 aromatic heterocycles. The summed E-state index contributed by atoms with van der Waals surface area (Å²) in [7, 11) is -1.72. The molecule has 3 rings (SSSR count). The van der Waals surface area contributed by atoms with Gasteiger partial charge in [0.05, 0.1) is 0 Å². The lowest BCUT2D eigenvalue weighted by Gasteiger charge is -2.31. The number of likely N-dealkylation sites (N-methyl/N-ethyl adjacent to an activating group) is 1. The molecule has 21 heavy (non-hydrogen) atoms. The highest BCUT2D eigenvalue weighted by molar-refractivity contribution is 7.89. The first-order valence-electron chi connectivity index (χ1n) is 6.51. The molecular weight excluding hydrogens is 316 g/mol. The van der Waals surface area contributed by atoms with Crippen molar-refractivity contribution in [1.29, 1.82) is 0 Å². The van der Waals surface area contributed by atoms with Gasteiger partial charge in [-0.25, -0.2) is 13.0 Å². The minimum Gasteiger partial charge on any atom is -0.316 e. The van der Waals surface area contributed by atoms with Crippen LogP contribution in [0.15, 0.2) is 27.7 Å². The van der Waals surface area contributed by atoms with Gasteiger partial charge in [-0.3, -0.25) is 0 Å². The molecule has 116 valence electrons. The van der Waals surface area contributed by atoms with E-state index in [9.17, 15) is 8.42 Å². The Kier molecular flexibility index (Phi) is 4.82. The summed E-state index contributed by atoms with van der Waals surface area (Å²) in [5.74, 6) is 0. The zero-order chi connectivity index (χ0) is 14.2. The van der Waals surface area contributed by atoms with E-state index >= 15 is 0 Å². The molecule has 0 saturated carbocycles. The van der Waals surface area contributed by atoms with Gasteiger partial charge in [0, 0.05) is 19.1 Å². The molecule has 0 aliphatic carbocycles. The Bertz CT molecular complexity index is 718. The lowest BCUT2D eigenvalue weighted by Crippen LogP contribution is -2.46. The average Bonchev–Trinajstić information content (AvgIpc) is 2.95. The molecule has 1 aliphatic rings. The summed E-state index contributed by atoms with van der Waals surface area (Å²) in [6.45, 7) is 1.00. The van der Waals surface area contributed by atoms with Gasteiger partial charge < -0.3 is 5.32 Å². The molecule has 1 aliphatic heterocycles. The third kappa shape index (κ3) is 2.89. The van der Waals surface area contributed by atoms with E-state index in [1.807, 2.05) is 7.05 Å². The van der Waals surface area contributed by atoms with E-state index < -0.39 is 10.0 Å². The second kappa shape index (κ2) is 6.27. The Balaban J connectivity index is 0.00000161. The molecule has 0 bridgehead atoms. The maximum atomic E-state index is 12.7. The Morgan fingerprint density at radius 2 is 2.19 bits per heavy atom. The van der Waals surface area contributed by atoms with Gasteiger partial charge in [-0.15, -0.1) is 12.4 Å². The average molecular weight is 333 g/mol. The molecule has 1 saturated heterocycles. The lowest BCUT2D eigenvalue weighted by atomic mass is 10.1. The molecule has 2 heterocycles. The molecule has 1 aromatic carbocycles. The topological polar surface area (TPSA) is 88.3 Å². The van der Waals surface area contributed by atoms with Gasteiger partial charge in [0.15, 0.2) is 5.52 Å². The van der Waals surface area contributed by atoms with Gasteiger partial charge >= 0.3 is 0 Å². The number of piperidine rings is 1. The van der Waals surface area contributed by atoms with E-state index in [1.165, 1.54) is 4.31 Å². The highest BCUT2D eigenvalue weighted by Crippen LogP contribution is 2.25. The third-order valence-electron chi connectivity index (χ3n) is 3.66. The predicted molar refractivity (Wildman–Crippen MR) is 79.9 cm³/mol. The number of fused-ring (bicyclic) bond motifs is 1. The van der Waals surface area contributed by atoms with Crippen LogP contribution in [0.3, 0.4) is 0 Å². The minimum absolute atomic E-state index is 0. The van der Waals surface area contributed by atoms with Gasteiger partial charge in [0.2, 0.25) is 10.0 Å². The quantitative estimate of drug-likeness (QED) is 0.902. The summed E-state index contributed by atoms with van der Waals surface area (Å²) in [6.07, 6.45) is 1.83. The van der Waals surface area contributed by atoms with Gasteiger partial charge in [-0.1, -0.05) is 6.07 Å². The van der Waals surface area contributed by atoms with E-state index in [0.29, 0.717) is 24.1 Å². The van der Waals surface area contributed by atoms with E-state index in [1.54, 1.807) is 18.2 Å². The molecule has 1 unspecified atom stereocenters. The fraction of sp³-hybridized carbons (Fsp3) is 0.500. The first-order chi connectivity index (χ1) is 9.63. The number of benzene rings is 1. The number of hydrogen-bond acceptors (Lipinski definition) is 6. The van der Waals surface area contributed by atoms with Gasteiger partial charge in [0.25, 0.3) is 0 Å². The van der Waals surface area contributed by atoms with Gasteiger partial charge in [-0.05, 0) is 42.3 Å². The summed E-state index contributed by atoms with van der Waals surface area (Å²) in [5.41, 5.74) is 0.743. The van der Waals surface area contributed by atoms with Crippen molar-refractivity contribution in [3.05, 3.63) is 18.2 Å². The summed E-state index contributed by atoms with van der Waals surface area (Å²) < 4.78 is 31.6. The van der Waals surface area contributed by atoms with Crippen LogP contribution >= 0.6 is 12.4 Å². The van der Waals surface area contributed by atoms with Crippen LogP contribution in [0.2, 0.25) is 0 Å². The summed E-state index contributed by atoms with van der Waals surface area (Å²) >= 11 is 0. The number of rotatable bonds is 3.